The predicted octanol–water partition coefficient (Wildman–Crippen LogP) is 2.93. The van der Waals surface area contributed by atoms with Gasteiger partial charge in [-0.1, -0.05) is 6.92 Å². The number of rotatable bonds is 4. The van der Waals surface area contributed by atoms with Crippen LogP contribution in [0, 0.1) is 19.8 Å². The summed E-state index contributed by atoms with van der Waals surface area (Å²) in [5, 5.41) is 7.29. The first-order chi connectivity index (χ1) is 9.49. The van der Waals surface area contributed by atoms with Crippen molar-refractivity contribution in [2.24, 2.45) is 5.92 Å². The molecule has 0 aliphatic heterocycles. The maximum atomic E-state index is 12.1. The minimum Gasteiger partial charge on any atom is -0.326 e. The fraction of sp³-hybridized carbons (Fsp3) is 0.357. The molecule has 6 heteroatoms. The van der Waals surface area contributed by atoms with Gasteiger partial charge >= 0.3 is 0 Å². The van der Waals surface area contributed by atoms with Crippen LogP contribution >= 0.6 is 15.9 Å². The number of nitrogens with one attached hydrogen (secondary N) is 1. The summed E-state index contributed by atoms with van der Waals surface area (Å²) < 4.78 is 2.86. The Kier molecular flexibility index (Phi) is 4.54. The van der Waals surface area contributed by atoms with E-state index in [1.807, 2.05) is 25.5 Å². The SMILES string of the molecule is Cc1nn(C[C@@H](C)C(=O)Nc2ccncc2)c(C)c1Br. The molecule has 0 unspecified atom stereocenters. The van der Waals surface area contributed by atoms with Gasteiger partial charge in [0, 0.05) is 23.8 Å². The predicted molar refractivity (Wildman–Crippen MR) is 81.4 cm³/mol. The molecule has 2 aromatic rings. The fourth-order valence-electron chi connectivity index (χ4n) is 1.90. The van der Waals surface area contributed by atoms with Gasteiger partial charge < -0.3 is 5.32 Å². The molecular formula is C14H17BrN4O. The zero-order valence-electron chi connectivity index (χ0n) is 11.7. The van der Waals surface area contributed by atoms with E-state index in [0.29, 0.717) is 6.54 Å². The Morgan fingerprint density at radius 1 is 1.40 bits per heavy atom. The molecule has 0 fully saturated rings. The summed E-state index contributed by atoms with van der Waals surface area (Å²) in [7, 11) is 0. The quantitative estimate of drug-likeness (QED) is 0.933. The Morgan fingerprint density at radius 2 is 2.05 bits per heavy atom. The smallest absolute Gasteiger partial charge is 0.229 e. The lowest BCUT2D eigenvalue weighted by atomic mass is 10.1. The number of aromatic nitrogens is 3. The van der Waals surface area contributed by atoms with E-state index in [1.165, 1.54) is 0 Å². The van der Waals surface area contributed by atoms with Gasteiger partial charge in [0.15, 0.2) is 0 Å². The van der Waals surface area contributed by atoms with Crippen LogP contribution in [0.2, 0.25) is 0 Å². The van der Waals surface area contributed by atoms with Crippen LogP contribution in [0.4, 0.5) is 5.69 Å². The van der Waals surface area contributed by atoms with E-state index in [4.69, 9.17) is 0 Å². The van der Waals surface area contributed by atoms with Gasteiger partial charge in [-0.2, -0.15) is 5.10 Å². The van der Waals surface area contributed by atoms with Gasteiger partial charge in [0.2, 0.25) is 5.91 Å². The first kappa shape index (κ1) is 14.7. The molecule has 1 N–H and O–H groups in total. The van der Waals surface area contributed by atoms with Crippen LogP contribution in [-0.2, 0) is 11.3 Å². The number of halogens is 1. The average molecular weight is 337 g/mol. The van der Waals surface area contributed by atoms with Gasteiger partial charge in [-0.05, 0) is 41.9 Å². The highest BCUT2D eigenvalue weighted by atomic mass is 79.9. The zero-order chi connectivity index (χ0) is 14.7. The number of amides is 1. The lowest BCUT2D eigenvalue weighted by Gasteiger charge is -2.13. The van der Waals surface area contributed by atoms with Crippen molar-refractivity contribution >= 4 is 27.5 Å². The molecule has 0 aliphatic carbocycles. The largest absolute Gasteiger partial charge is 0.326 e. The van der Waals surface area contributed by atoms with Gasteiger partial charge in [-0.3, -0.25) is 14.5 Å². The van der Waals surface area contributed by atoms with Crippen LogP contribution in [0.5, 0.6) is 0 Å². The highest BCUT2D eigenvalue weighted by Crippen LogP contribution is 2.20. The third-order valence-corrected chi connectivity index (χ3v) is 4.28. The number of carbonyl (C=O) groups excluding carboxylic acids is 1. The number of anilines is 1. The lowest BCUT2D eigenvalue weighted by Crippen LogP contribution is -2.25. The number of aryl methyl sites for hydroxylation is 1. The zero-order valence-corrected chi connectivity index (χ0v) is 13.3. The average Bonchev–Trinajstić information content (AvgIpc) is 2.67. The minimum atomic E-state index is -0.173. The second kappa shape index (κ2) is 6.17. The summed E-state index contributed by atoms with van der Waals surface area (Å²) in [6, 6.07) is 3.54. The minimum absolute atomic E-state index is 0.0279. The second-order valence-electron chi connectivity index (χ2n) is 4.79. The molecular weight excluding hydrogens is 320 g/mol. The summed E-state index contributed by atoms with van der Waals surface area (Å²) in [4.78, 5) is 16.1. The number of hydrogen-bond donors (Lipinski definition) is 1. The van der Waals surface area contributed by atoms with E-state index >= 15 is 0 Å². The summed E-state index contributed by atoms with van der Waals surface area (Å²) in [6.45, 7) is 6.36. The van der Waals surface area contributed by atoms with E-state index in [2.05, 4.69) is 31.3 Å². The van der Waals surface area contributed by atoms with Crippen molar-refractivity contribution in [2.75, 3.05) is 5.32 Å². The van der Waals surface area contributed by atoms with Crippen LogP contribution < -0.4 is 5.32 Å². The number of hydrogen-bond acceptors (Lipinski definition) is 3. The highest BCUT2D eigenvalue weighted by molar-refractivity contribution is 9.10. The maximum Gasteiger partial charge on any atom is 0.229 e. The third kappa shape index (κ3) is 3.25. The Bertz CT molecular complexity index is 609. The molecule has 2 aromatic heterocycles. The Hall–Kier alpha value is -1.69. The molecule has 1 amide bonds. The fourth-order valence-corrected chi connectivity index (χ4v) is 2.18. The first-order valence-electron chi connectivity index (χ1n) is 6.39. The van der Waals surface area contributed by atoms with Crippen molar-refractivity contribution < 1.29 is 4.79 Å². The maximum absolute atomic E-state index is 12.1. The molecule has 2 rings (SSSR count). The molecule has 5 nitrogen and oxygen atoms in total. The van der Waals surface area contributed by atoms with Crippen LogP contribution in [0.1, 0.15) is 18.3 Å². The molecule has 1 atom stereocenters. The van der Waals surface area contributed by atoms with Crippen molar-refractivity contribution in [3.8, 4) is 0 Å². The van der Waals surface area contributed by atoms with Gasteiger partial charge in [0.05, 0.1) is 22.6 Å². The number of carbonyl (C=O) groups is 1. The molecule has 2 heterocycles. The summed E-state index contributed by atoms with van der Waals surface area (Å²) in [5.74, 6) is -0.201. The lowest BCUT2D eigenvalue weighted by molar-refractivity contribution is -0.119. The van der Waals surface area contributed by atoms with Crippen molar-refractivity contribution in [2.45, 2.75) is 27.3 Å². The van der Waals surface area contributed by atoms with Crippen LogP contribution in [0.25, 0.3) is 0 Å². The Morgan fingerprint density at radius 3 is 2.60 bits per heavy atom. The van der Waals surface area contributed by atoms with Crippen molar-refractivity contribution in [1.29, 1.82) is 0 Å². The van der Waals surface area contributed by atoms with Gasteiger partial charge in [-0.25, -0.2) is 0 Å². The van der Waals surface area contributed by atoms with E-state index in [9.17, 15) is 4.79 Å². The molecule has 106 valence electrons. The van der Waals surface area contributed by atoms with Crippen LogP contribution in [0.3, 0.4) is 0 Å². The number of pyridine rings is 1. The van der Waals surface area contributed by atoms with Gasteiger partial charge in [0.1, 0.15) is 0 Å². The number of nitrogens with zero attached hydrogens (tertiary/aromatic N) is 3. The van der Waals surface area contributed by atoms with E-state index in [1.54, 1.807) is 24.5 Å². The Balaban J connectivity index is 2.02. The molecule has 0 saturated carbocycles. The van der Waals surface area contributed by atoms with Crippen molar-refractivity contribution in [3.05, 3.63) is 40.4 Å². The summed E-state index contributed by atoms with van der Waals surface area (Å²) >= 11 is 3.49. The van der Waals surface area contributed by atoms with Crippen molar-refractivity contribution in [3.63, 3.8) is 0 Å². The molecule has 0 aromatic carbocycles. The Labute approximate surface area is 126 Å². The van der Waals surface area contributed by atoms with Gasteiger partial charge in [-0.15, -0.1) is 0 Å². The van der Waals surface area contributed by atoms with E-state index < -0.39 is 0 Å². The monoisotopic (exact) mass is 336 g/mol. The summed E-state index contributed by atoms with van der Waals surface area (Å²) in [6.07, 6.45) is 3.30. The van der Waals surface area contributed by atoms with Crippen LogP contribution in [-0.4, -0.2) is 20.7 Å². The topological polar surface area (TPSA) is 59.8 Å². The molecule has 0 spiro atoms. The highest BCUT2D eigenvalue weighted by Gasteiger charge is 2.17. The first-order valence-corrected chi connectivity index (χ1v) is 7.18. The molecule has 0 saturated heterocycles. The normalized spacial score (nSPS) is 12.2. The van der Waals surface area contributed by atoms with Gasteiger partial charge in [0.25, 0.3) is 0 Å². The second-order valence-corrected chi connectivity index (χ2v) is 5.59. The van der Waals surface area contributed by atoms with E-state index in [-0.39, 0.29) is 11.8 Å². The molecule has 20 heavy (non-hydrogen) atoms. The standard InChI is InChI=1S/C14H17BrN4O/c1-9(8-19-11(3)13(15)10(2)18-19)14(20)17-12-4-6-16-7-5-12/h4-7,9H,8H2,1-3H3,(H,16,17,20)/t9-/m1/s1. The molecule has 0 bridgehead atoms. The molecule has 0 aliphatic rings. The third-order valence-electron chi connectivity index (χ3n) is 3.14. The van der Waals surface area contributed by atoms with Crippen molar-refractivity contribution in [1.82, 2.24) is 14.8 Å². The van der Waals surface area contributed by atoms with E-state index in [0.717, 1.165) is 21.5 Å². The van der Waals surface area contributed by atoms with Crippen LogP contribution in [0.15, 0.2) is 29.0 Å². The molecule has 0 radical (unpaired) electrons. The summed E-state index contributed by atoms with van der Waals surface area (Å²) in [5.41, 5.74) is 2.72.